The number of nitrogens with one attached hydrogen (secondary N) is 1. The van der Waals surface area contributed by atoms with E-state index in [-0.39, 0.29) is 23.7 Å². The second kappa shape index (κ2) is 9.77. The van der Waals surface area contributed by atoms with Crippen LogP contribution < -0.4 is 10.1 Å². The lowest BCUT2D eigenvalue weighted by atomic mass is 9.95. The SMILES string of the molecule is CC(C)c1ccc(COc2ccc(CNc3cccc(C(=O)O)c3)cc2)cc1C(F)(F)F. The Balaban J connectivity index is 1.60. The molecule has 3 rings (SSSR count). The first kappa shape index (κ1) is 23.2. The van der Waals surface area contributed by atoms with Crippen molar-refractivity contribution in [3.63, 3.8) is 0 Å². The summed E-state index contributed by atoms with van der Waals surface area (Å²) >= 11 is 0. The maximum atomic E-state index is 13.4. The van der Waals surface area contributed by atoms with Gasteiger partial charge in [0.1, 0.15) is 12.4 Å². The Hall–Kier alpha value is -3.48. The van der Waals surface area contributed by atoms with Crippen LogP contribution in [0.3, 0.4) is 0 Å². The van der Waals surface area contributed by atoms with Gasteiger partial charge in [-0.1, -0.05) is 44.2 Å². The average Bonchev–Trinajstić information content (AvgIpc) is 2.76. The molecular formula is C25H24F3NO3. The molecule has 0 saturated carbocycles. The van der Waals surface area contributed by atoms with Gasteiger partial charge in [-0.3, -0.25) is 0 Å². The Morgan fingerprint density at radius 3 is 2.31 bits per heavy atom. The second-order valence-electron chi connectivity index (χ2n) is 7.75. The molecule has 7 heteroatoms. The third-order valence-corrected chi connectivity index (χ3v) is 4.98. The van der Waals surface area contributed by atoms with Crippen molar-refractivity contribution in [1.82, 2.24) is 0 Å². The van der Waals surface area contributed by atoms with Crippen molar-refractivity contribution < 1.29 is 27.8 Å². The molecule has 0 aliphatic heterocycles. The number of benzene rings is 3. The summed E-state index contributed by atoms with van der Waals surface area (Å²) in [5, 5.41) is 12.2. The summed E-state index contributed by atoms with van der Waals surface area (Å²) in [6, 6.07) is 18.0. The minimum atomic E-state index is -4.41. The van der Waals surface area contributed by atoms with Gasteiger partial charge >= 0.3 is 12.1 Å². The number of hydrogen-bond donors (Lipinski definition) is 2. The van der Waals surface area contributed by atoms with Crippen LogP contribution in [0.5, 0.6) is 5.75 Å². The second-order valence-corrected chi connectivity index (χ2v) is 7.75. The molecule has 0 bridgehead atoms. The minimum Gasteiger partial charge on any atom is -0.489 e. The molecular weight excluding hydrogens is 419 g/mol. The maximum absolute atomic E-state index is 13.4. The van der Waals surface area contributed by atoms with E-state index in [1.54, 1.807) is 50.2 Å². The predicted molar refractivity (Wildman–Crippen MR) is 117 cm³/mol. The molecule has 0 radical (unpaired) electrons. The summed E-state index contributed by atoms with van der Waals surface area (Å²) in [4.78, 5) is 11.0. The number of alkyl halides is 3. The van der Waals surface area contributed by atoms with Crippen LogP contribution in [0, 0.1) is 0 Å². The topological polar surface area (TPSA) is 58.6 Å². The molecule has 0 aromatic heterocycles. The van der Waals surface area contributed by atoms with Crippen molar-refractivity contribution in [2.75, 3.05) is 5.32 Å². The summed E-state index contributed by atoms with van der Waals surface area (Å²) in [6.45, 7) is 3.98. The Kier molecular flexibility index (Phi) is 7.08. The van der Waals surface area contributed by atoms with Crippen LogP contribution in [0.2, 0.25) is 0 Å². The Bertz CT molecular complexity index is 1080. The molecule has 0 spiro atoms. The van der Waals surface area contributed by atoms with Gasteiger partial charge in [0.15, 0.2) is 0 Å². The van der Waals surface area contributed by atoms with Crippen LogP contribution in [0.15, 0.2) is 66.7 Å². The number of halogens is 3. The van der Waals surface area contributed by atoms with Gasteiger partial charge in [0.25, 0.3) is 0 Å². The molecule has 0 saturated heterocycles. The fourth-order valence-electron chi connectivity index (χ4n) is 3.28. The lowest BCUT2D eigenvalue weighted by molar-refractivity contribution is -0.138. The lowest BCUT2D eigenvalue weighted by Crippen LogP contribution is -2.11. The molecule has 0 atom stereocenters. The highest BCUT2D eigenvalue weighted by atomic mass is 19.4. The van der Waals surface area contributed by atoms with Gasteiger partial charge in [-0.25, -0.2) is 4.79 Å². The first-order valence-corrected chi connectivity index (χ1v) is 10.1. The Labute approximate surface area is 184 Å². The molecule has 2 N–H and O–H groups in total. The largest absolute Gasteiger partial charge is 0.489 e. The van der Waals surface area contributed by atoms with Crippen LogP contribution >= 0.6 is 0 Å². The standard InChI is InChI=1S/C25H24F3NO3/c1-16(2)22-11-8-18(12-23(22)25(26,27)28)15-32-21-9-6-17(7-10-21)14-29-20-5-3-4-19(13-20)24(30)31/h3-13,16,29H,14-15H2,1-2H3,(H,30,31). The van der Waals surface area contributed by atoms with Crippen molar-refractivity contribution in [1.29, 1.82) is 0 Å². The van der Waals surface area contributed by atoms with Crippen molar-refractivity contribution in [3.8, 4) is 5.75 Å². The van der Waals surface area contributed by atoms with Gasteiger partial charge < -0.3 is 15.2 Å². The number of rotatable bonds is 8. The van der Waals surface area contributed by atoms with Gasteiger partial charge in [0, 0.05) is 12.2 Å². The van der Waals surface area contributed by atoms with E-state index in [1.165, 1.54) is 12.1 Å². The number of carbonyl (C=O) groups is 1. The summed E-state index contributed by atoms with van der Waals surface area (Å²) in [6.07, 6.45) is -4.41. The van der Waals surface area contributed by atoms with Crippen LogP contribution in [-0.4, -0.2) is 11.1 Å². The van der Waals surface area contributed by atoms with E-state index < -0.39 is 17.7 Å². The summed E-state index contributed by atoms with van der Waals surface area (Å²) in [7, 11) is 0. The van der Waals surface area contributed by atoms with E-state index in [1.807, 2.05) is 12.1 Å². The molecule has 3 aromatic rings. The van der Waals surface area contributed by atoms with Gasteiger partial charge in [0.05, 0.1) is 11.1 Å². The zero-order valence-electron chi connectivity index (χ0n) is 17.7. The van der Waals surface area contributed by atoms with Crippen molar-refractivity contribution in [3.05, 3.63) is 94.5 Å². The lowest BCUT2D eigenvalue weighted by Gasteiger charge is -2.17. The average molecular weight is 443 g/mol. The highest BCUT2D eigenvalue weighted by molar-refractivity contribution is 5.88. The number of anilines is 1. The summed E-state index contributed by atoms with van der Waals surface area (Å²) in [5.74, 6) is -0.672. The molecule has 0 aliphatic carbocycles. The highest BCUT2D eigenvalue weighted by Crippen LogP contribution is 2.36. The molecule has 0 aliphatic rings. The van der Waals surface area contributed by atoms with Crippen LogP contribution in [0.1, 0.15) is 52.4 Å². The number of hydrogen-bond acceptors (Lipinski definition) is 3. The van der Waals surface area contributed by atoms with E-state index in [2.05, 4.69) is 5.32 Å². The van der Waals surface area contributed by atoms with E-state index in [0.717, 1.165) is 11.6 Å². The number of ether oxygens (including phenoxy) is 1. The van der Waals surface area contributed by atoms with Crippen molar-refractivity contribution in [2.24, 2.45) is 0 Å². The summed E-state index contributed by atoms with van der Waals surface area (Å²) in [5.41, 5.74) is 1.93. The van der Waals surface area contributed by atoms with Gasteiger partial charge in [0.2, 0.25) is 0 Å². The monoisotopic (exact) mass is 443 g/mol. The van der Waals surface area contributed by atoms with E-state index in [4.69, 9.17) is 9.84 Å². The van der Waals surface area contributed by atoms with Crippen molar-refractivity contribution in [2.45, 2.75) is 39.1 Å². The minimum absolute atomic E-state index is 0.0288. The third-order valence-electron chi connectivity index (χ3n) is 4.98. The maximum Gasteiger partial charge on any atom is 0.416 e. The van der Waals surface area contributed by atoms with Gasteiger partial charge in [-0.05, 0) is 59.0 Å². The highest BCUT2D eigenvalue weighted by Gasteiger charge is 2.34. The fraction of sp³-hybridized carbons (Fsp3) is 0.240. The number of carboxylic acids is 1. The normalized spacial score (nSPS) is 11.4. The molecule has 32 heavy (non-hydrogen) atoms. The molecule has 0 amide bonds. The zero-order valence-corrected chi connectivity index (χ0v) is 17.7. The molecule has 0 fully saturated rings. The molecule has 3 aromatic carbocycles. The Morgan fingerprint density at radius 1 is 1.00 bits per heavy atom. The number of carboxylic acid groups (broad SMARTS) is 1. The van der Waals surface area contributed by atoms with Gasteiger partial charge in [-0.15, -0.1) is 0 Å². The first-order chi connectivity index (χ1) is 15.1. The quantitative estimate of drug-likeness (QED) is 0.406. The zero-order chi connectivity index (χ0) is 23.3. The molecule has 4 nitrogen and oxygen atoms in total. The van der Waals surface area contributed by atoms with Crippen molar-refractivity contribution >= 4 is 11.7 Å². The first-order valence-electron chi connectivity index (χ1n) is 10.1. The summed E-state index contributed by atoms with van der Waals surface area (Å²) < 4.78 is 45.8. The van der Waals surface area contributed by atoms with E-state index >= 15 is 0 Å². The molecule has 0 heterocycles. The van der Waals surface area contributed by atoms with E-state index in [0.29, 0.717) is 23.5 Å². The predicted octanol–water partition coefficient (Wildman–Crippen LogP) is 6.72. The number of aromatic carboxylic acids is 1. The third kappa shape index (κ3) is 6.03. The van der Waals surface area contributed by atoms with Gasteiger partial charge in [-0.2, -0.15) is 13.2 Å². The Morgan fingerprint density at radius 2 is 1.69 bits per heavy atom. The smallest absolute Gasteiger partial charge is 0.416 e. The van der Waals surface area contributed by atoms with Crippen LogP contribution in [0.25, 0.3) is 0 Å². The molecule has 168 valence electrons. The molecule has 0 unspecified atom stereocenters. The van der Waals surface area contributed by atoms with Crippen LogP contribution in [-0.2, 0) is 19.3 Å². The fourth-order valence-corrected chi connectivity index (χ4v) is 3.28. The van der Waals surface area contributed by atoms with E-state index in [9.17, 15) is 18.0 Å². The van der Waals surface area contributed by atoms with Crippen LogP contribution in [0.4, 0.5) is 18.9 Å².